The predicted octanol–water partition coefficient (Wildman–Crippen LogP) is 1.20. The second kappa shape index (κ2) is 8.43. The van der Waals surface area contributed by atoms with Crippen molar-refractivity contribution in [3.8, 4) is 0 Å². The van der Waals surface area contributed by atoms with E-state index in [1.807, 2.05) is 0 Å². The fourth-order valence-corrected chi connectivity index (χ4v) is 1.48. The van der Waals surface area contributed by atoms with Gasteiger partial charge < -0.3 is 19.5 Å². The lowest BCUT2D eigenvalue weighted by molar-refractivity contribution is -0.148. The number of alkyl halides is 1. The number of hydrogen-bond donors (Lipinski definition) is 1. The SMILES string of the molecule is COC(=O)C(C[C@H](C[18F])C(=O)OC)NC(=O)OC(C)(C)C. The van der Waals surface area contributed by atoms with E-state index in [1.54, 1.807) is 20.8 Å². The second-order valence-electron chi connectivity index (χ2n) is 5.33. The van der Waals surface area contributed by atoms with Crippen molar-refractivity contribution in [1.29, 1.82) is 0 Å². The summed E-state index contributed by atoms with van der Waals surface area (Å²) in [5, 5.41) is 2.26. The molecule has 122 valence electrons. The van der Waals surface area contributed by atoms with Crippen molar-refractivity contribution in [2.75, 3.05) is 20.9 Å². The highest BCUT2D eigenvalue weighted by Gasteiger charge is 2.31. The number of halogens is 1. The van der Waals surface area contributed by atoms with Gasteiger partial charge in [0.1, 0.15) is 18.3 Å². The Morgan fingerprint density at radius 3 is 2.00 bits per heavy atom. The zero-order valence-corrected chi connectivity index (χ0v) is 12.9. The fourth-order valence-electron chi connectivity index (χ4n) is 1.48. The summed E-state index contributed by atoms with van der Waals surface area (Å²) in [6.45, 7) is 3.94. The first-order valence-electron chi connectivity index (χ1n) is 6.35. The van der Waals surface area contributed by atoms with Crippen LogP contribution in [0.3, 0.4) is 0 Å². The maximum Gasteiger partial charge on any atom is 0.408 e. The van der Waals surface area contributed by atoms with Crippen LogP contribution in [0.5, 0.6) is 0 Å². The number of rotatable bonds is 6. The van der Waals surface area contributed by atoms with Crippen molar-refractivity contribution in [2.45, 2.75) is 38.8 Å². The third-order valence-electron chi connectivity index (χ3n) is 2.42. The molecule has 0 heterocycles. The quantitative estimate of drug-likeness (QED) is 0.586. The largest absolute Gasteiger partial charge is 0.469 e. The van der Waals surface area contributed by atoms with Gasteiger partial charge in [-0.3, -0.25) is 9.18 Å². The maximum absolute atomic E-state index is 12.8. The van der Waals surface area contributed by atoms with E-state index < -0.39 is 42.3 Å². The summed E-state index contributed by atoms with van der Waals surface area (Å²) in [5.41, 5.74) is -0.757. The standard InChI is InChI=1S/C13H22FNO6/c1-13(2,3)21-12(18)15-9(11(17)20-5)6-8(7-14)10(16)19-4/h8-9H,6-7H2,1-5H3,(H,15,18)/t8-,9?/m1/s1/i14-1. The van der Waals surface area contributed by atoms with E-state index in [9.17, 15) is 18.8 Å². The minimum absolute atomic E-state index is 0.283. The number of carbonyl (C=O) groups excluding carboxylic acids is 3. The van der Waals surface area contributed by atoms with E-state index in [1.165, 1.54) is 0 Å². The number of alkyl carbamates (subject to hydrolysis) is 1. The van der Waals surface area contributed by atoms with Crippen molar-refractivity contribution in [2.24, 2.45) is 5.92 Å². The van der Waals surface area contributed by atoms with Gasteiger partial charge in [0.2, 0.25) is 0 Å². The summed E-state index contributed by atoms with van der Waals surface area (Å²) in [6, 6.07) is -1.20. The zero-order valence-electron chi connectivity index (χ0n) is 12.9. The Morgan fingerprint density at radius 2 is 1.62 bits per heavy atom. The topological polar surface area (TPSA) is 90.9 Å². The Morgan fingerprint density at radius 1 is 1.10 bits per heavy atom. The summed E-state index contributed by atoms with van der Waals surface area (Å²) in [5.74, 6) is -2.78. The smallest absolute Gasteiger partial charge is 0.408 e. The van der Waals surface area contributed by atoms with Gasteiger partial charge >= 0.3 is 18.0 Å². The lowest BCUT2D eigenvalue weighted by Crippen LogP contribution is -2.46. The molecule has 0 fully saturated rings. The molecule has 0 bridgehead atoms. The molecule has 0 spiro atoms. The summed E-state index contributed by atoms with van der Waals surface area (Å²) in [6.07, 6.45) is -1.14. The van der Waals surface area contributed by atoms with Gasteiger partial charge in [-0.15, -0.1) is 0 Å². The number of hydrogen-bond acceptors (Lipinski definition) is 6. The molecule has 0 aromatic rings. The van der Waals surface area contributed by atoms with Crippen LogP contribution >= 0.6 is 0 Å². The average molecular weight is 306 g/mol. The molecule has 1 unspecified atom stereocenters. The Hall–Kier alpha value is -1.86. The molecule has 7 nitrogen and oxygen atoms in total. The maximum atomic E-state index is 12.8. The van der Waals surface area contributed by atoms with Crippen LogP contribution in [0.2, 0.25) is 0 Å². The highest BCUT2D eigenvalue weighted by atomic mass is 18.2. The molecular formula is C13H22FNO6. The van der Waals surface area contributed by atoms with Crippen LogP contribution in [0.1, 0.15) is 27.2 Å². The molecule has 8 heteroatoms. The molecule has 0 aliphatic rings. The second-order valence-corrected chi connectivity index (χ2v) is 5.33. The van der Waals surface area contributed by atoms with Gasteiger partial charge in [0.25, 0.3) is 0 Å². The molecular weight excluding hydrogens is 284 g/mol. The summed E-state index contributed by atoms with van der Waals surface area (Å²) in [7, 11) is 2.23. The fraction of sp³-hybridized carbons (Fsp3) is 0.769. The number of esters is 2. The van der Waals surface area contributed by atoms with E-state index in [0.717, 1.165) is 14.2 Å². The number of amides is 1. The third kappa shape index (κ3) is 7.48. The number of methoxy groups -OCH3 is 2. The van der Waals surface area contributed by atoms with Crippen LogP contribution in [-0.2, 0) is 23.8 Å². The van der Waals surface area contributed by atoms with Crippen LogP contribution in [0.25, 0.3) is 0 Å². The first-order valence-corrected chi connectivity index (χ1v) is 6.35. The number of carbonyl (C=O) groups is 3. The summed E-state index contributed by atoms with van der Waals surface area (Å²) >= 11 is 0. The predicted molar refractivity (Wildman–Crippen MR) is 71.3 cm³/mol. The van der Waals surface area contributed by atoms with Crippen LogP contribution in [0.4, 0.5) is 9.18 Å². The molecule has 1 amide bonds. The number of nitrogens with one attached hydrogen (secondary N) is 1. The summed E-state index contributed by atoms with van der Waals surface area (Å²) in [4.78, 5) is 34.6. The molecule has 0 aromatic carbocycles. The van der Waals surface area contributed by atoms with Crippen molar-refractivity contribution in [1.82, 2.24) is 5.32 Å². The van der Waals surface area contributed by atoms with Gasteiger partial charge in [0.05, 0.1) is 20.1 Å². The van der Waals surface area contributed by atoms with E-state index in [4.69, 9.17) is 4.74 Å². The molecule has 0 aromatic heterocycles. The van der Waals surface area contributed by atoms with E-state index >= 15 is 0 Å². The lowest BCUT2D eigenvalue weighted by atomic mass is 10.0. The molecule has 0 aliphatic carbocycles. The van der Waals surface area contributed by atoms with Gasteiger partial charge in [0.15, 0.2) is 0 Å². The van der Waals surface area contributed by atoms with Crippen molar-refractivity contribution in [3.63, 3.8) is 0 Å². The van der Waals surface area contributed by atoms with Crippen LogP contribution in [-0.4, -0.2) is 50.6 Å². The van der Waals surface area contributed by atoms with Crippen LogP contribution in [0, 0.1) is 5.92 Å². The zero-order chi connectivity index (χ0) is 16.6. The van der Waals surface area contributed by atoms with Gasteiger partial charge in [-0.1, -0.05) is 0 Å². The van der Waals surface area contributed by atoms with Crippen molar-refractivity contribution >= 4 is 18.0 Å². The molecule has 21 heavy (non-hydrogen) atoms. The first kappa shape index (κ1) is 19.1. The highest BCUT2D eigenvalue weighted by Crippen LogP contribution is 2.13. The summed E-state index contributed by atoms with van der Waals surface area (Å²) < 4.78 is 26.8. The Balaban J connectivity index is 4.85. The highest BCUT2D eigenvalue weighted by molar-refractivity contribution is 5.82. The van der Waals surface area contributed by atoms with Gasteiger partial charge in [-0.2, -0.15) is 0 Å². The monoisotopic (exact) mass is 306 g/mol. The van der Waals surface area contributed by atoms with Crippen molar-refractivity contribution < 1.29 is 33.0 Å². The molecule has 1 N–H and O–H groups in total. The molecule has 0 rings (SSSR count). The molecule has 0 saturated carbocycles. The molecule has 0 aliphatic heterocycles. The minimum atomic E-state index is -1.20. The number of ether oxygens (including phenoxy) is 3. The van der Waals surface area contributed by atoms with Gasteiger partial charge in [-0.05, 0) is 27.2 Å². The Labute approximate surface area is 123 Å². The van der Waals surface area contributed by atoms with Gasteiger partial charge in [0, 0.05) is 0 Å². The Kier molecular flexibility index (Phi) is 7.69. The normalized spacial score (nSPS) is 13.8. The average Bonchev–Trinajstić information content (AvgIpc) is 2.39. The van der Waals surface area contributed by atoms with Crippen molar-refractivity contribution in [3.05, 3.63) is 0 Å². The lowest BCUT2D eigenvalue weighted by Gasteiger charge is -2.23. The van der Waals surface area contributed by atoms with E-state index in [-0.39, 0.29) is 6.42 Å². The van der Waals surface area contributed by atoms with Crippen LogP contribution in [0.15, 0.2) is 0 Å². The van der Waals surface area contributed by atoms with Crippen LogP contribution < -0.4 is 5.32 Å². The van der Waals surface area contributed by atoms with E-state index in [2.05, 4.69) is 14.8 Å². The van der Waals surface area contributed by atoms with E-state index in [0.29, 0.717) is 0 Å². The third-order valence-corrected chi connectivity index (χ3v) is 2.42. The molecule has 0 radical (unpaired) electrons. The molecule has 0 saturated heterocycles. The minimum Gasteiger partial charge on any atom is -0.469 e. The van der Waals surface area contributed by atoms with Gasteiger partial charge in [-0.25, -0.2) is 9.59 Å². The first-order chi connectivity index (χ1) is 9.64. The Bertz CT molecular complexity index is 379. The molecule has 2 atom stereocenters.